The van der Waals surface area contributed by atoms with Crippen molar-refractivity contribution in [2.75, 3.05) is 0 Å². The zero-order chi connectivity index (χ0) is 8.27. The lowest BCUT2D eigenvalue weighted by Gasteiger charge is -2.20. The fourth-order valence-corrected chi connectivity index (χ4v) is 1.74. The maximum Gasteiger partial charge on any atom is 0.0416 e. The highest BCUT2D eigenvalue weighted by Crippen LogP contribution is 2.29. The molecule has 0 saturated heterocycles. The van der Waals surface area contributed by atoms with E-state index in [1.807, 2.05) is 13.1 Å². The second-order valence-electron chi connectivity index (χ2n) is 3.35. The maximum absolute atomic E-state index is 4.40. The van der Waals surface area contributed by atoms with Crippen molar-refractivity contribution < 1.29 is 0 Å². The SMILES string of the molecule is CC=NC1=C(C)CCCC1C. The van der Waals surface area contributed by atoms with Crippen molar-refractivity contribution >= 4 is 6.21 Å². The molecule has 1 aliphatic rings. The summed E-state index contributed by atoms with van der Waals surface area (Å²) in [4.78, 5) is 4.40. The lowest BCUT2D eigenvalue weighted by Crippen LogP contribution is -2.06. The third kappa shape index (κ3) is 1.92. The maximum atomic E-state index is 4.40. The van der Waals surface area contributed by atoms with Crippen LogP contribution >= 0.6 is 0 Å². The molecule has 1 rings (SSSR count). The molecule has 1 unspecified atom stereocenters. The highest BCUT2D eigenvalue weighted by Gasteiger charge is 2.15. The van der Waals surface area contributed by atoms with E-state index >= 15 is 0 Å². The van der Waals surface area contributed by atoms with Crippen LogP contribution in [0, 0.1) is 5.92 Å². The first-order chi connectivity index (χ1) is 5.25. The van der Waals surface area contributed by atoms with Crippen LogP contribution in [-0.4, -0.2) is 6.21 Å². The third-order valence-electron chi connectivity index (χ3n) is 2.36. The van der Waals surface area contributed by atoms with Crippen molar-refractivity contribution in [1.29, 1.82) is 0 Å². The molecule has 0 spiro atoms. The molecule has 0 aromatic carbocycles. The Morgan fingerprint density at radius 1 is 1.55 bits per heavy atom. The number of nitrogens with zero attached hydrogens (tertiary/aromatic N) is 1. The summed E-state index contributed by atoms with van der Waals surface area (Å²) in [5.74, 6) is 0.681. The van der Waals surface area contributed by atoms with Crippen LogP contribution in [-0.2, 0) is 0 Å². The highest BCUT2D eigenvalue weighted by molar-refractivity contribution is 5.55. The van der Waals surface area contributed by atoms with Gasteiger partial charge in [-0.15, -0.1) is 0 Å². The first-order valence-corrected chi connectivity index (χ1v) is 4.44. The summed E-state index contributed by atoms with van der Waals surface area (Å²) < 4.78 is 0. The summed E-state index contributed by atoms with van der Waals surface area (Å²) in [6.45, 7) is 6.46. The van der Waals surface area contributed by atoms with Gasteiger partial charge in [0.05, 0.1) is 0 Å². The van der Waals surface area contributed by atoms with Crippen LogP contribution in [0.4, 0.5) is 0 Å². The zero-order valence-electron chi connectivity index (χ0n) is 7.72. The Kier molecular flexibility index (Phi) is 2.86. The Bertz CT molecular complexity index is 189. The molecule has 11 heavy (non-hydrogen) atoms. The molecule has 0 aromatic heterocycles. The van der Waals surface area contributed by atoms with E-state index in [9.17, 15) is 0 Å². The fraction of sp³-hybridized carbons (Fsp3) is 0.700. The van der Waals surface area contributed by atoms with E-state index in [1.54, 1.807) is 0 Å². The Balaban J connectivity index is 2.82. The van der Waals surface area contributed by atoms with Gasteiger partial charge in [0, 0.05) is 11.9 Å². The topological polar surface area (TPSA) is 12.4 Å². The van der Waals surface area contributed by atoms with Gasteiger partial charge in [-0.2, -0.15) is 0 Å². The average molecular weight is 151 g/mol. The van der Waals surface area contributed by atoms with Gasteiger partial charge in [-0.05, 0) is 39.0 Å². The first kappa shape index (κ1) is 8.51. The van der Waals surface area contributed by atoms with Crippen LogP contribution in [0.3, 0.4) is 0 Å². The van der Waals surface area contributed by atoms with E-state index in [2.05, 4.69) is 18.8 Å². The molecule has 1 nitrogen and oxygen atoms in total. The Hall–Kier alpha value is -0.590. The van der Waals surface area contributed by atoms with E-state index < -0.39 is 0 Å². The first-order valence-electron chi connectivity index (χ1n) is 4.44. The summed E-state index contributed by atoms with van der Waals surface area (Å²) in [6, 6.07) is 0. The molecule has 0 saturated carbocycles. The molecule has 1 aliphatic carbocycles. The molecule has 62 valence electrons. The summed E-state index contributed by atoms with van der Waals surface area (Å²) in [7, 11) is 0. The van der Waals surface area contributed by atoms with Crippen LogP contribution in [0.15, 0.2) is 16.3 Å². The number of aliphatic imine (C=N–C) groups is 1. The second kappa shape index (κ2) is 3.70. The summed E-state index contributed by atoms with van der Waals surface area (Å²) >= 11 is 0. The molecular weight excluding hydrogens is 134 g/mol. The number of rotatable bonds is 1. The molecule has 0 aliphatic heterocycles. The van der Waals surface area contributed by atoms with E-state index in [-0.39, 0.29) is 0 Å². The second-order valence-corrected chi connectivity index (χ2v) is 3.35. The standard InChI is InChI=1S/C10H17N/c1-4-11-10-8(2)6-5-7-9(10)3/h4,8H,5-7H2,1-3H3. The van der Waals surface area contributed by atoms with Gasteiger partial charge in [0.1, 0.15) is 0 Å². The van der Waals surface area contributed by atoms with Gasteiger partial charge in [0.25, 0.3) is 0 Å². The molecule has 0 fully saturated rings. The molecule has 0 radical (unpaired) electrons. The highest BCUT2D eigenvalue weighted by atomic mass is 14.7. The summed E-state index contributed by atoms with van der Waals surface area (Å²) in [5.41, 5.74) is 2.82. The predicted molar refractivity (Wildman–Crippen MR) is 49.9 cm³/mol. The Morgan fingerprint density at radius 3 is 2.82 bits per heavy atom. The summed E-state index contributed by atoms with van der Waals surface area (Å²) in [6.07, 6.45) is 5.80. The van der Waals surface area contributed by atoms with Crippen molar-refractivity contribution in [3.8, 4) is 0 Å². The van der Waals surface area contributed by atoms with Gasteiger partial charge in [0.2, 0.25) is 0 Å². The molecule has 0 bridgehead atoms. The molecular formula is C10H17N. The lowest BCUT2D eigenvalue weighted by molar-refractivity contribution is 0.531. The minimum Gasteiger partial charge on any atom is -0.266 e. The number of allylic oxidation sites excluding steroid dienone is 2. The Morgan fingerprint density at radius 2 is 2.27 bits per heavy atom. The molecule has 1 atom stereocenters. The normalized spacial score (nSPS) is 26.6. The van der Waals surface area contributed by atoms with Gasteiger partial charge in [-0.1, -0.05) is 12.5 Å². The number of hydrogen-bond donors (Lipinski definition) is 0. The molecule has 0 aromatic rings. The van der Waals surface area contributed by atoms with Crippen LogP contribution in [0.2, 0.25) is 0 Å². The van der Waals surface area contributed by atoms with E-state index in [0.29, 0.717) is 5.92 Å². The van der Waals surface area contributed by atoms with E-state index in [1.165, 1.54) is 30.5 Å². The van der Waals surface area contributed by atoms with E-state index in [0.717, 1.165) is 0 Å². The molecule has 0 N–H and O–H groups in total. The van der Waals surface area contributed by atoms with Gasteiger partial charge >= 0.3 is 0 Å². The molecule has 0 amide bonds. The average Bonchev–Trinajstić information content (AvgIpc) is 1.97. The molecule has 1 heteroatoms. The van der Waals surface area contributed by atoms with Crippen LogP contribution in [0.1, 0.15) is 40.0 Å². The van der Waals surface area contributed by atoms with Crippen LogP contribution in [0.25, 0.3) is 0 Å². The monoisotopic (exact) mass is 151 g/mol. The van der Waals surface area contributed by atoms with Gasteiger partial charge in [0.15, 0.2) is 0 Å². The minimum absolute atomic E-state index is 0.681. The Labute approximate surface area is 69.2 Å². The van der Waals surface area contributed by atoms with Crippen molar-refractivity contribution in [2.24, 2.45) is 10.9 Å². The lowest BCUT2D eigenvalue weighted by atomic mass is 9.89. The predicted octanol–water partition coefficient (Wildman–Crippen LogP) is 3.17. The van der Waals surface area contributed by atoms with Crippen molar-refractivity contribution in [1.82, 2.24) is 0 Å². The van der Waals surface area contributed by atoms with E-state index in [4.69, 9.17) is 0 Å². The van der Waals surface area contributed by atoms with Crippen LogP contribution < -0.4 is 0 Å². The van der Waals surface area contributed by atoms with Crippen molar-refractivity contribution in [3.05, 3.63) is 11.3 Å². The van der Waals surface area contributed by atoms with Crippen molar-refractivity contribution in [2.45, 2.75) is 40.0 Å². The fourth-order valence-electron chi connectivity index (χ4n) is 1.74. The quantitative estimate of drug-likeness (QED) is 0.510. The van der Waals surface area contributed by atoms with Gasteiger partial charge in [-0.3, -0.25) is 4.99 Å². The third-order valence-corrected chi connectivity index (χ3v) is 2.36. The molecule has 0 heterocycles. The van der Waals surface area contributed by atoms with Gasteiger partial charge in [-0.25, -0.2) is 0 Å². The smallest absolute Gasteiger partial charge is 0.0416 e. The van der Waals surface area contributed by atoms with Gasteiger partial charge < -0.3 is 0 Å². The van der Waals surface area contributed by atoms with Crippen LogP contribution in [0.5, 0.6) is 0 Å². The minimum atomic E-state index is 0.681. The number of hydrogen-bond acceptors (Lipinski definition) is 1. The largest absolute Gasteiger partial charge is 0.266 e. The van der Waals surface area contributed by atoms with Crippen molar-refractivity contribution in [3.63, 3.8) is 0 Å². The summed E-state index contributed by atoms with van der Waals surface area (Å²) in [5, 5.41) is 0. The zero-order valence-corrected chi connectivity index (χ0v) is 7.72.